The molecule has 10 nitrogen and oxygen atoms in total. The van der Waals surface area contributed by atoms with Crippen molar-refractivity contribution in [2.24, 2.45) is 0 Å². The Morgan fingerprint density at radius 1 is 0.905 bits per heavy atom. The molecule has 0 aliphatic carbocycles. The first-order valence-corrected chi connectivity index (χ1v) is 14.2. The third kappa shape index (κ3) is 6.95. The zero-order valence-electron chi connectivity index (χ0n) is 23.7. The van der Waals surface area contributed by atoms with Gasteiger partial charge in [-0.05, 0) is 66.1 Å². The lowest BCUT2D eigenvalue weighted by Gasteiger charge is -2.36. The predicted octanol–water partition coefficient (Wildman–Crippen LogP) is 4.61. The van der Waals surface area contributed by atoms with Crippen LogP contribution in [0.5, 0.6) is 0 Å². The van der Waals surface area contributed by atoms with Crippen molar-refractivity contribution in [1.29, 1.82) is 0 Å². The molecule has 2 heterocycles. The van der Waals surface area contributed by atoms with Crippen LogP contribution in [-0.2, 0) is 16.0 Å². The monoisotopic (exact) mass is 569 g/mol. The number of rotatable bonds is 8. The molecule has 0 saturated carbocycles. The second-order valence-electron chi connectivity index (χ2n) is 10.3. The largest absolute Gasteiger partial charge is 0.378 e. The molecule has 2 aliphatic rings. The number of morpholine rings is 1. The Labute approximate surface area is 245 Å². The van der Waals surface area contributed by atoms with E-state index in [1.165, 1.54) is 17.7 Å². The van der Waals surface area contributed by atoms with E-state index in [1.807, 2.05) is 58.3 Å². The molecule has 218 valence electrons. The lowest BCUT2D eigenvalue weighted by atomic mass is 10.1. The summed E-state index contributed by atoms with van der Waals surface area (Å²) >= 11 is 0. The normalized spacial score (nSPS) is 15.6. The third-order valence-corrected chi connectivity index (χ3v) is 7.65. The molecule has 10 heteroatoms. The summed E-state index contributed by atoms with van der Waals surface area (Å²) in [6.07, 6.45) is 3.88. The number of aryl methyl sites for hydroxylation is 1. The number of carbonyl (C=O) groups excluding carboxylic acids is 2. The molecule has 42 heavy (non-hydrogen) atoms. The van der Waals surface area contributed by atoms with Crippen LogP contribution < -0.4 is 15.1 Å². The molecule has 1 N–H and O–H groups in total. The molecule has 0 atom stereocenters. The molecule has 5 rings (SSSR count). The number of hydrogen-bond acceptors (Lipinski definition) is 7. The fourth-order valence-corrected chi connectivity index (χ4v) is 5.21. The standard InChI is InChI=1S/C32H35N5O5/c1-2-24-3-7-26(8-4-24)32(39)36-17-15-34(16-18-36)28-11-9-27(10-12-28)33-31(38)14-6-25-5-13-29(30(23-25)37(40)41)35-19-21-42-22-20-35/h3-14,23H,2,15-22H2,1H3,(H,33,38)/b14-6+. The third-order valence-electron chi connectivity index (χ3n) is 7.65. The Balaban J connectivity index is 1.13. The molecule has 2 saturated heterocycles. The quantitative estimate of drug-likeness (QED) is 0.240. The number of hydrogen-bond donors (Lipinski definition) is 1. The van der Waals surface area contributed by atoms with Crippen LogP contribution >= 0.6 is 0 Å². The van der Waals surface area contributed by atoms with Gasteiger partial charge in [-0.15, -0.1) is 0 Å². The van der Waals surface area contributed by atoms with Crippen LogP contribution in [0.3, 0.4) is 0 Å². The summed E-state index contributed by atoms with van der Waals surface area (Å²) in [5.74, 6) is -0.271. The van der Waals surface area contributed by atoms with E-state index in [9.17, 15) is 19.7 Å². The number of anilines is 3. The van der Waals surface area contributed by atoms with Gasteiger partial charge in [0.25, 0.3) is 11.6 Å². The molecule has 0 bridgehead atoms. The van der Waals surface area contributed by atoms with Gasteiger partial charge in [0.05, 0.1) is 18.1 Å². The van der Waals surface area contributed by atoms with Gasteiger partial charge in [-0.3, -0.25) is 19.7 Å². The molecule has 2 amide bonds. The summed E-state index contributed by atoms with van der Waals surface area (Å²) in [6, 6.07) is 20.4. The van der Waals surface area contributed by atoms with Gasteiger partial charge in [0, 0.05) is 68.3 Å². The van der Waals surface area contributed by atoms with Gasteiger partial charge in [0.1, 0.15) is 5.69 Å². The highest BCUT2D eigenvalue weighted by Crippen LogP contribution is 2.30. The van der Waals surface area contributed by atoms with E-state index in [4.69, 9.17) is 4.74 Å². The molecule has 3 aromatic carbocycles. The van der Waals surface area contributed by atoms with Crippen LogP contribution in [0.2, 0.25) is 0 Å². The summed E-state index contributed by atoms with van der Waals surface area (Å²) in [6.45, 7) is 7.10. The Morgan fingerprint density at radius 3 is 2.24 bits per heavy atom. The van der Waals surface area contributed by atoms with E-state index >= 15 is 0 Å². The number of benzene rings is 3. The van der Waals surface area contributed by atoms with Crippen molar-refractivity contribution in [3.8, 4) is 0 Å². The summed E-state index contributed by atoms with van der Waals surface area (Å²) in [7, 11) is 0. The Hall–Kier alpha value is -4.70. The van der Waals surface area contributed by atoms with Gasteiger partial charge >= 0.3 is 0 Å². The van der Waals surface area contributed by atoms with Crippen LogP contribution in [0, 0.1) is 10.1 Å². The van der Waals surface area contributed by atoms with Gasteiger partial charge in [-0.2, -0.15) is 0 Å². The minimum Gasteiger partial charge on any atom is -0.378 e. The number of amides is 2. The average Bonchev–Trinajstić information content (AvgIpc) is 3.04. The van der Waals surface area contributed by atoms with Crippen LogP contribution in [0.25, 0.3) is 6.08 Å². The van der Waals surface area contributed by atoms with Crippen molar-refractivity contribution in [2.75, 3.05) is 67.6 Å². The first-order valence-electron chi connectivity index (χ1n) is 14.2. The summed E-state index contributed by atoms with van der Waals surface area (Å²) in [5, 5.41) is 14.5. The molecular formula is C32H35N5O5. The van der Waals surface area contributed by atoms with Crippen molar-refractivity contribution in [1.82, 2.24) is 4.90 Å². The van der Waals surface area contributed by atoms with Gasteiger partial charge < -0.3 is 24.8 Å². The van der Waals surface area contributed by atoms with Crippen LogP contribution in [-0.4, -0.2) is 74.1 Å². The van der Waals surface area contributed by atoms with Gasteiger partial charge in [-0.1, -0.05) is 25.1 Å². The maximum Gasteiger partial charge on any atom is 0.293 e. The fourth-order valence-electron chi connectivity index (χ4n) is 5.21. The van der Waals surface area contributed by atoms with E-state index in [-0.39, 0.29) is 17.5 Å². The highest BCUT2D eigenvalue weighted by Gasteiger charge is 2.23. The van der Waals surface area contributed by atoms with Crippen LogP contribution in [0.15, 0.2) is 72.8 Å². The van der Waals surface area contributed by atoms with Gasteiger partial charge in [0.2, 0.25) is 5.91 Å². The number of piperazine rings is 1. The number of nitrogens with zero attached hydrogens (tertiary/aromatic N) is 4. The summed E-state index contributed by atoms with van der Waals surface area (Å²) in [5.41, 5.74) is 4.73. The second-order valence-corrected chi connectivity index (χ2v) is 10.3. The van der Waals surface area contributed by atoms with E-state index in [2.05, 4.69) is 17.1 Å². The predicted molar refractivity (Wildman–Crippen MR) is 164 cm³/mol. The SMILES string of the molecule is CCc1ccc(C(=O)N2CCN(c3ccc(NC(=O)/C=C/c4ccc(N5CCOCC5)c([N+](=O)[O-])c4)cc3)CC2)cc1. The Kier molecular flexibility index (Phi) is 9.13. The zero-order chi connectivity index (χ0) is 29.5. The summed E-state index contributed by atoms with van der Waals surface area (Å²) in [4.78, 5) is 42.8. The number of nitrogens with one attached hydrogen (secondary N) is 1. The van der Waals surface area contributed by atoms with E-state index in [0.717, 1.165) is 30.8 Å². The number of nitro groups is 1. The van der Waals surface area contributed by atoms with Crippen molar-refractivity contribution >= 4 is 40.6 Å². The minimum absolute atomic E-state index is 0.00544. The maximum atomic E-state index is 12.9. The van der Waals surface area contributed by atoms with Crippen molar-refractivity contribution in [2.45, 2.75) is 13.3 Å². The minimum atomic E-state index is -0.396. The topological polar surface area (TPSA) is 108 Å². The number of carbonyl (C=O) groups is 2. The number of nitro benzene ring substituents is 1. The molecule has 2 aliphatic heterocycles. The molecule has 0 radical (unpaired) electrons. The van der Waals surface area contributed by atoms with E-state index in [0.29, 0.717) is 56.3 Å². The molecule has 0 unspecified atom stereocenters. The highest BCUT2D eigenvalue weighted by atomic mass is 16.6. The zero-order valence-corrected chi connectivity index (χ0v) is 23.7. The first-order chi connectivity index (χ1) is 20.4. The first kappa shape index (κ1) is 28.8. The Bertz CT molecular complexity index is 1440. The summed E-state index contributed by atoms with van der Waals surface area (Å²) < 4.78 is 5.35. The van der Waals surface area contributed by atoms with Gasteiger partial charge in [-0.25, -0.2) is 0 Å². The molecule has 0 aromatic heterocycles. The molecular weight excluding hydrogens is 534 g/mol. The van der Waals surface area contributed by atoms with Crippen LogP contribution in [0.1, 0.15) is 28.4 Å². The highest BCUT2D eigenvalue weighted by molar-refractivity contribution is 6.02. The lowest BCUT2D eigenvalue weighted by Crippen LogP contribution is -2.48. The van der Waals surface area contributed by atoms with Crippen molar-refractivity contribution in [3.63, 3.8) is 0 Å². The van der Waals surface area contributed by atoms with Crippen molar-refractivity contribution in [3.05, 3.63) is 99.6 Å². The lowest BCUT2D eigenvalue weighted by molar-refractivity contribution is -0.384. The van der Waals surface area contributed by atoms with Crippen LogP contribution in [0.4, 0.5) is 22.7 Å². The van der Waals surface area contributed by atoms with E-state index < -0.39 is 4.92 Å². The molecule has 3 aromatic rings. The maximum absolute atomic E-state index is 12.9. The average molecular weight is 570 g/mol. The smallest absolute Gasteiger partial charge is 0.293 e. The second kappa shape index (κ2) is 13.3. The molecule has 2 fully saturated rings. The Morgan fingerprint density at radius 2 is 1.60 bits per heavy atom. The molecule has 0 spiro atoms. The van der Waals surface area contributed by atoms with Crippen molar-refractivity contribution < 1.29 is 19.2 Å². The fraction of sp³-hybridized carbons (Fsp3) is 0.312. The van der Waals surface area contributed by atoms with E-state index in [1.54, 1.807) is 18.2 Å². The van der Waals surface area contributed by atoms with Gasteiger partial charge in [0.15, 0.2) is 0 Å². The number of ether oxygens (including phenoxy) is 1.